The Bertz CT molecular complexity index is 935. The van der Waals surface area contributed by atoms with Crippen LogP contribution in [0.25, 0.3) is 0 Å². The predicted octanol–water partition coefficient (Wildman–Crippen LogP) is 3.46. The summed E-state index contributed by atoms with van der Waals surface area (Å²) in [6.07, 6.45) is 6.23. The van der Waals surface area contributed by atoms with Gasteiger partial charge in [0.15, 0.2) is 5.11 Å². The van der Waals surface area contributed by atoms with Crippen molar-refractivity contribution >= 4 is 49.2 Å². The first-order valence-corrected chi connectivity index (χ1v) is 17.4. The van der Waals surface area contributed by atoms with Crippen molar-refractivity contribution in [3.8, 4) is 0 Å². The molecule has 200 valence electrons. The number of carbonyl (C=O) groups is 4. The summed E-state index contributed by atoms with van der Waals surface area (Å²) >= 11 is 5.59. The molecule has 4 aliphatic rings. The van der Waals surface area contributed by atoms with Crippen LogP contribution in [0, 0.1) is 5.41 Å². The molecule has 0 atom stereocenters. The molecule has 2 saturated heterocycles. The minimum absolute atomic E-state index is 0.00763. The van der Waals surface area contributed by atoms with Crippen LogP contribution < -0.4 is 5.32 Å². The lowest BCUT2D eigenvalue weighted by Crippen LogP contribution is -2.64. The summed E-state index contributed by atoms with van der Waals surface area (Å²) in [6, 6.07) is 0.603. The number of rotatable bonds is 9. The molecule has 0 unspecified atom stereocenters. The Balaban J connectivity index is 1.31. The molecule has 0 bridgehead atoms. The third-order valence-corrected chi connectivity index (χ3v) is 10.4. The van der Waals surface area contributed by atoms with E-state index in [0.717, 1.165) is 44.6 Å². The lowest BCUT2D eigenvalue weighted by Gasteiger charge is -2.56. The van der Waals surface area contributed by atoms with Gasteiger partial charge in [0, 0.05) is 27.3 Å². The Morgan fingerprint density at radius 3 is 2.33 bits per heavy atom. The molecule has 36 heavy (non-hydrogen) atoms. The Labute approximate surface area is 220 Å². The number of hydrogen-bond donors (Lipinski definition) is 1. The van der Waals surface area contributed by atoms with Crippen LogP contribution >= 0.6 is 12.2 Å². The zero-order valence-electron chi connectivity index (χ0n) is 22.1. The molecule has 2 aliphatic carbocycles. The van der Waals surface area contributed by atoms with Gasteiger partial charge in [-0.3, -0.25) is 24.2 Å². The first-order valence-electron chi connectivity index (χ1n) is 13.3. The Morgan fingerprint density at radius 2 is 1.72 bits per heavy atom. The van der Waals surface area contributed by atoms with E-state index in [2.05, 4.69) is 31.9 Å². The van der Waals surface area contributed by atoms with Crippen LogP contribution in [-0.4, -0.2) is 83.1 Å². The van der Waals surface area contributed by atoms with E-state index >= 15 is 0 Å². The number of thiocarbonyl (C=S) groups is 1. The van der Waals surface area contributed by atoms with E-state index in [0.29, 0.717) is 31.1 Å². The number of hydrogen-bond acceptors (Lipinski definition) is 6. The van der Waals surface area contributed by atoms with Crippen molar-refractivity contribution in [2.75, 3.05) is 19.9 Å². The van der Waals surface area contributed by atoms with Gasteiger partial charge in [-0.15, -0.1) is 0 Å². The van der Waals surface area contributed by atoms with Gasteiger partial charge < -0.3 is 10.1 Å². The summed E-state index contributed by atoms with van der Waals surface area (Å²) in [4.78, 5) is 55.3. The van der Waals surface area contributed by atoms with Crippen LogP contribution in [0.15, 0.2) is 0 Å². The highest BCUT2D eigenvalue weighted by Crippen LogP contribution is 2.58. The molecule has 0 aromatic rings. The average Bonchev–Trinajstić information content (AvgIpc) is 3.01. The van der Waals surface area contributed by atoms with Crippen molar-refractivity contribution in [1.29, 1.82) is 0 Å². The third kappa shape index (κ3) is 5.24. The summed E-state index contributed by atoms with van der Waals surface area (Å²) in [6.45, 7) is 9.97. The van der Waals surface area contributed by atoms with Crippen LogP contribution in [0.3, 0.4) is 0 Å². The molecule has 1 N–H and O–H groups in total. The second-order valence-corrected chi connectivity index (χ2v) is 18.3. The minimum atomic E-state index is -1.24. The summed E-state index contributed by atoms with van der Waals surface area (Å²) in [5, 5.41) is 3.30. The van der Waals surface area contributed by atoms with Gasteiger partial charge in [0.2, 0.25) is 11.8 Å². The van der Waals surface area contributed by atoms with Crippen molar-refractivity contribution in [1.82, 2.24) is 20.0 Å². The second kappa shape index (κ2) is 10.1. The molecule has 11 heteroatoms. The van der Waals surface area contributed by atoms with Gasteiger partial charge in [-0.1, -0.05) is 33.0 Å². The molecule has 0 aromatic carbocycles. The van der Waals surface area contributed by atoms with E-state index < -0.39 is 13.6 Å². The Morgan fingerprint density at radius 1 is 1.06 bits per heavy atom. The standard InChI is InChI=1S/C25H40N4O5SSi/c1-5-6-11-27-19(30)14-20(31)29(23(27)35)18-7-9-24(10-8-18)15-25(16-24)21(32)28(22(33)26-25)17-34-12-13-36(2,3)4/h18H,5-17H2,1-4H3,(H,26,33). The molecule has 0 radical (unpaired) electrons. The number of nitrogens with zero attached hydrogens (tertiary/aromatic N) is 3. The summed E-state index contributed by atoms with van der Waals surface area (Å²) in [5.74, 6) is -0.579. The number of imide groups is 1. The van der Waals surface area contributed by atoms with E-state index in [1.54, 1.807) is 9.80 Å². The number of ether oxygens (including phenoxy) is 1. The van der Waals surface area contributed by atoms with Crippen molar-refractivity contribution in [3.05, 3.63) is 0 Å². The largest absolute Gasteiger partial charge is 0.361 e. The van der Waals surface area contributed by atoms with Crippen molar-refractivity contribution in [2.24, 2.45) is 5.41 Å². The fourth-order valence-corrected chi connectivity index (χ4v) is 7.37. The quantitative estimate of drug-likeness (QED) is 0.159. The molecule has 9 nitrogen and oxygen atoms in total. The molecule has 4 fully saturated rings. The maximum absolute atomic E-state index is 13.2. The van der Waals surface area contributed by atoms with Crippen LogP contribution in [0.4, 0.5) is 4.79 Å². The van der Waals surface area contributed by atoms with Gasteiger partial charge in [-0.25, -0.2) is 9.69 Å². The molecule has 5 amide bonds. The molecular weight excluding hydrogens is 496 g/mol. The highest BCUT2D eigenvalue weighted by atomic mass is 32.1. The van der Waals surface area contributed by atoms with Crippen LogP contribution in [0.1, 0.15) is 64.7 Å². The van der Waals surface area contributed by atoms with E-state index in [-0.39, 0.29) is 48.4 Å². The second-order valence-electron chi connectivity index (χ2n) is 12.3. The molecule has 2 heterocycles. The van der Waals surface area contributed by atoms with Gasteiger partial charge >= 0.3 is 6.03 Å². The van der Waals surface area contributed by atoms with Gasteiger partial charge in [-0.05, 0) is 68.6 Å². The van der Waals surface area contributed by atoms with Crippen LogP contribution in [0.5, 0.6) is 0 Å². The van der Waals surface area contributed by atoms with Gasteiger partial charge in [0.05, 0.1) is 0 Å². The van der Waals surface area contributed by atoms with Gasteiger partial charge in [-0.2, -0.15) is 0 Å². The number of unbranched alkanes of at least 4 members (excludes halogenated alkanes) is 1. The first-order chi connectivity index (χ1) is 16.9. The van der Waals surface area contributed by atoms with Crippen molar-refractivity contribution < 1.29 is 23.9 Å². The molecular formula is C25H40N4O5SSi. The average molecular weight is 537 g/mol. The zero-order chi connectivity index (χ0) is 26.3. The van der Waals surface area contributed by atoms with E-state index in [1.807, 2.05) is 0 Å². The SMILES string of the molecule is CCCCN1C(=O)CC(=O)N(C2CCC3(CC2)CC2(C3)NC(=O)N(COCC[Si](C)(C)C)C2=O)C1=S. The normalized spacial score (nSPS) is 31.1. The lowest BCUT2D eigenvalue weighted by atomic mass is 9.51. The minimum Gasteiger partial charge on any atom is -0.361 e. The predicted molar refractivity (Wildman–Crippen MR) is 142 cm³/mol. The summed E-state index contributed by atoms with van der Waals surface area (Å²) in [7, 11) is -1.24. The summed E-state index contributed by atoms with van der Waals surface area (Å²) in [5.41, 5.74) is -0.821. The van der Waals surface area contributed by atoms with Crippen LogP contribution in [-0.2, 0) is 19.1 Å². The van der Waals surface area contributed by atoms with E-state index in [1.165, 1.54) is 4.90 Å². The van der Waals surface area contributed by atoms with Gasteiger partial charge in [0.25, 0.3) is 5.91 Å². The van der Waals surface area contributed by atoms with E-state index in [9.17, 15) is 19.2 Å². The van der Waals surface area contributed by atoms with Crippen LogP contribution in [0.2, 0.25) is 25.7 Å². The molecule has 2 aliphatic heterocycles. The molecule has 2 spiro atoms. The maximum Gasteiger partial charge on any atom is 0.326 e. The Hall–Kier alpha value is -1.85. The first kappa shape index (κ1) is 27.2. The van der Waals surface area contributed by atoms with E-state index in [4.69, 9.17) is 17.0 Å². The number of carbonyl (C=O) groups excluding carboxylic acids is 4. The third-order valence-electron chi connectivity index (χ3n) is 8.24. The maximum atomic E-state index is 13.2. The topological polar surface area (TPSA) is 99.3 Å². The fraction of sp³-hybridized carbons (Fsp3) is 0.800. The van der Waals surface area contributed by atoms with Gasteiger partial charge in [0.1, 0.15) is 18.7 Å². The smallest absolute Gasteiger partial charge is 0.326 e. The fourth-order valence-electron chi connectivity index (χ4n) is 6.17. The molecule has 0 aromatic heterocycles. The molecule has 4 rings (SSSR count). The zero-order valence-corrected chi connectivity index (χ0v) is 23.9. The monoisotopic (exact) mass is 536 g/mol. The number of amides is 5. The highest BCUT2D eigenvalue weighted by molar-refractivity contribution is 7.80. The highest BCUT2D eigenvalue weighted by Gasteiger charge is 2.65. The summed E-state index contributed by atoms with van der Waals surface area (Å²) < 4.78 is 5.68. The number of urea groups is 1. The molecule has 2 saturated carbocycles. The lowest BCUT2D eigenvalue weighted by molar-refractivity contribution is -0.146. The van der Waals surface area contributed by atoms with Crippen molar-refractivity contribution in [3.63, 3.8) is 0 Å². The Kier molecular flexibility index (Phi) is 7.65. The number of nitrogens with one attached hydrogen (secondary N) is 1. The van der Waals surface area contributed by atoms with Crippen molar-refractivity contribution in [2.45, 2.75) is 102 Å².